The van der Waals surface area contributed by atoms with Crippen molar-refractivity contribution in [2.45, 2.75) is 19.8 Å². The van der Waals surface area contributed by atoms with Crippen LogP contribution in [0.25, 0.3) is 21.5 Å². The molecule has 0 unspecified atom stereocenters. The number of aryl methyl sites for hydroxylation is 1. The van der Waals surface area contributed by atoms with E-state index in [2.05, 4.69) is 55.4 Å². The number of nitrogens with one attached hydrogen (secondary N) is 1. The zero-order valence-electron chi connectivity index (χ0n) is 15.0. The van der Waals surface area contributed by atoms with Crippen LogP contribution < -0.4 is 5.32 Å². The topological polar surface area (TPSA) is 76.5 Å². The van der Waals surface area contributed by atoms with Gasteiger partial charge in [-0.2, -0.15) is 13.5 Å². The van der Waals surface area contributed by atoms with Crippen molar-refractivity contribution >= 4 is 40.9 Å². The molecule has 4 aromatic rings. The number of rotatable bonds is 5. The number of anilines is 1. The van der Waals surface area contributed by atoms with Crippen LogP contribution in [0.5, 0.6) is 0 Å². The number of hydrogen-bond donors (Lipinski definition) is 1. The fourth-order valence-corrected chi connectivity index (χ4v) is 3.52. The van der Waals surface area contributed by atoms with E-state index < -0.39 is 0 Å². The van der Waals surface area contributed by atoms with E-state index in [1.165, 1.54) is 10.3 Å². The Morgan fingerprint density at radius 2 is 1.89 bits per heavy atom. The molecule has 0 radical (unpaired) electrons. The van der Waals surface area contributed by atoms with Gasteiger partial charge < -0.3 is 5.32 Å². The second kappa shape index (κ2) is 8.41. The van der Waals surface area contributed by atoms with E-state index in [9.17, 15) is 0 Å². The summed E-state index contributed by atoms with van der Waals surface area (Å²) in [5, 5.41) is 3.41. The third-order valence-corrected chi connectivity index (χ3v) is 5.05. The predicted octanol–water partition coefficient (Wildman–Crippen LogP) is 4.18. The Kier molecular flexibility index (Phi) is 5.98. The lowest BCUT2D eigenvalue weighted by molar-refractivity contribution is 0.806. The normalized spacial score (nSPS) is 11.8. The highest BCUT2D eigenvalue weighted by Gasteiger charge is 2.12. The Hall–Kier alpha value is -2.58. The lowest BCUT2D eigenvalue weighted by Crippen LogP contribution is -2.11. The predicted molar refractivity (Wildman–Crippen MR) is 115 cm³/mol. The summed E-state index contributed by atoms with van der Waals surface area (Å²) in [4.78, 5) is 21.6. The summed E-state index contributed by atoms with van der Waals surface area (Å²) in [5.74, 6) is 1.83. The molecule has 4 rings (SSSR count). The van der Waals surface area contributed by atoms with E-state index in [4.69, 9.17) is 0 Å². The van der Waals surface area contributed by atoms with Crippen LogP contribution in [0.2, 0.25) is 0 Å². The molecular weight excluding hydrogens is 376 g/mol. The average molecular weight is 397 g/mol. The molecule has 0 saturated carbocycles. The molecule has 0 amide bonds. The van der Waals surface area contributed by atoms with Gasteiger partial charge in [0, 0.05) is 36.5 Å². The van der Waals surface area contributed by atoms with Gasteiger partial charge in [0.2, 0.25) is 0 Å². The van der Waals surface area contributed by atoms with Crippen molar-refractivity contribution in [3.63, 3.8) is 0 Å². The second-order valence-electron chi connectivity index (χ2n) is 6.14. The minimum atomic E-state index is 0. The summed E-state index contributed by atoms with van der Waals surface area (Å²) in [7, 11) is 0. The Bertz CT molecular complexity index is 1030. The van der Waals surface area contributed by atoms with E-state index in [-0.39, 0.29) is 13.5 Å². The second-order valence-corrected chi connectivity index (χ2v) is 7.02. The highest BCUT2D eigenvalue weighted by Crippen LogP contribution is 2.27. The molecule has 0 fully saturated rings. The van der Waals surface area contributed by atoms with Crippen molar-refractivity contribution in [3.8, 4) is 11.3 Å². The molecule has 0 aliphatic heterocycles. The van der Waals surface area contributed by atoms with E-state index in [0.717, 1.165) is 35.0 Å². The van der Waals surface area contributed by atoms with Crippen molar-refractivity contribution in [3.05, 3.63) is 59.9 Å². The van der Waals surface area contributed by atoms with Crippen LogP contribution in [-0.4, -0.2) is 31.5 Å². The standard InChI is InChI=1S/C19H18N6S.H2S/c1-12(15-4-3-5-17-19(15)25-11-26-17)7-22-18-6-16(23-10-24-18)14-8-20-13(2)21-9-14;/h3-6,8-12H,7H2,1-2H3,(H,22,23,24);1H2/t12-;/m1./s1. The van der Waals surface area contributed by atoms with Crippen LogP contribution in [0.4, 0.5) is 5.82 Å². The number of aromatic nitrogens is 5. The molecule has 138 valence electrons. The molecule has 27 heavy (non-hydrogen) atoms. The SMILES string of the molecule is Cc1ncc(-c2cc(NC[C@@H](C)c3cccc4scnc34)ncn2)cn1.S. The fourth-order valence-electron chi connectivity index (χ4n) is 2.81. The van der Waals surface area contributed by atoms with E-state index in [1.807, 2.05) is 18.5 Å². The molecule has 8 heteroatoms. The first kappa shape index (κ1) is 19.2. The minimum Gasteiger partial charge on any atom is -0.369 e. The van der Waals surface area contributed by atoms with Crippen LogP contribution in [0, 0.1) is 6.92 Å². The van der Waals surface area contributed by atoms with Gasteiger partial charge in [-0.15, -0.1) is 11.3 Å². The van der Waals surface area contributed by atoms with Gasteiger partial charge in [-0.05, 0) is 18.6 Å². The zero-order chi connectivity index (χ0) is 17.9. The van der Waals surface area contributed by atoms with Crippen LogP contribution in [-0.2, 0) is 0 Å². The molecule has 6 nitrogen and oxygen atoms in total. The monoisotopic (exact) mass is 396 g/mol. The summed E-state index contributed by atoms with van der Waals surface area (Å²) < 4.78 is 1.22. The van der Waals surface area contributed by atoms with Crippen LogP contribution >= 0.6 is 24.8 Å². The molecule has 0 spiro atoms. The van der Waals surface area contributed by atoms with E-state index in [1.54, 1.807) is 30.1 Å². The van der Waals surface area contributed by atoms with Gasteiger partial charge in [0.15, 0.2) is 0 Å². The van der Waals surface area contributed by atoms with Crippen molar-refractivity contribution in [1.29, 1.82) is 0 Å². The van der Waals surface area contributed by atoms with Crippen molar-refractivity contribution in [2.24, 2.45) is 0 Å². The number of fused-ring (bicyclic) bond motifs is 1. The summed E-state index contributed by atoms with van der Waals surface area (Å²) in [5.41, 5.74) is 5.91. The zero-order valence-corrected chi connectivity index (χ0v) is 16.9. The highest BCUT2D eigenvalue weighted by atomic mass is 32.1. The van der Waals surface area contributed by atoms with Gasteiger partial charge in [-0.3, -0.25) is 0 Å². The Morgan fingerprint density at radius 1 is 1.07 bits per heavy atom. The number of benzene rings is 1. The summed E-state index contributed by atoms with van der Waals surface area (Å²) >= 11 is 1.67. The average Bonchev–Trinajstić information content (AvgIpc) is 3.16. The van der Waals surface area contributed by atoms with Gasteiger partial charge in [0.05, 0.1) is 21.4 Å². The molecule has 0 saturated heterocycles. The van der Waals surface area contributed by atoms with Crippen LogP contribution in [0.1, 0.15) is 24.2 Å². The summed E-state index contributed by atoms with van der Waals surface area (Å²) in [6.45, 7) is 4.82. The molecule has 1 N–H and O–H groups in total. The Balaban J connectivity index is 0.00000210. The Morgan fingerprint density at radius 3 is 2.70 bits per heavy atom. The highest BCUT2D eigenvalue weighted by molar-refractivity contribution is 7.59. The van der Waals surface area contributed by atoms with Gasteiger partial charge in [0.25, 0.3) is 0 Å². The lowest BCUT2D eigenvalue weighted by atomic mass is 10.00. The molecule has 1 aromatic carbocycles. The third kappa shape index (κ3) is 4.23. The first-order valence-electron chi connectivity index (χ1n) is 8.38. The van der Waals surface area contributed by atoms with Crippen LogP contribution in [0.15, 0.2) is 48.5 Å². The molecule has 0 aliphatic carbocycles. The molecule has 0 aliphatic rings. The summed E-state index contributed by atoms with van der Waals surface area (Å²) in [6.07, 6.45) is 5.11. The van der Waals surface area contributed by atoms with Crippen LogP contribution in [0.3, 0.4) is 0 Å². The van der Waals surface area contributed by atoms with Crippen molar-refractivity contribution in [1.82, 2.24) is 24.9 Å². The maximum absolute atomic E-state index is 4.51. The number of para-hydroxylation sites is 1. The fraction of sp³-hybridized carbons (Fsp3) is 0.211. The van der Waals surface area contributed by atoms with E-state index >= 15 is 0 Å². The number of hydrogen-bond acceptors (Lipinski definition) is 7. The molecule has 1 atom stereocenters. The largest absolute Gasteiger partial charge is 0.369 e. The Labute approximate surface area is 168 Å². The maximum Gasteiger partial charge on any atom is 0.129 e. The van der Waals surface area contributed by atoms with Gasteiger partial charge >= 0.3 is 0 Å². The quantitative estimate of drug-likeness (QED) is 0.545. The van der Waals surface area contributed by atoms with Gasteiger partial charge in [0.1, 0.15) is 18.0 Å². The van der Waals surface area contributed by atoms with Crippen molar-refractivity contribution < 1.29 is 0 Å². The van der Waals surface area contributed by atoms with Gasteiger partial charge in [-0.1, -0.05) is 19.1 Å². The molecule has 3 heterocycles. The first-order valence-corrected chi connectivity index (χ1v) is 9.26. The first-order chi connectivity index (χ1) is 12.7. The number of nitrogens with zero attached hydrogens (tertiary/aromatic N) is 5. The smallest absolute Gasteiger partial charge is 0.129 e. The molecule has 3 aromatic heterocycles. The lowest BCUT2D eigenvalue weighted by Gasteiger charge is -2.14. The maximum atomic E-state index is 4.51. The number of thiazole rings is 1. The van der Waals surface area contributed by atoms with Gasteiger partial charge in [-0.25, -0.2) is 24.9 Å². The minimum absolute atomic E-state index is 0. The summed E-state index contributed by atoms with van der Waals surface area (Å²) in [6, 6.07) is 8.26. The molecular formula is C19H20N6S2. The third-order valence-electron chi connectivity index (χ3n) is 4.26. The van der Waals surface area contributed by atoms with E-state index in [0.29, 0.717) is 5.92 Å². The molecule has 0 bridgehead atoms. The van der Waals surface area contributed by atoms with Crippen molar-refractivity contribution in [2.75, 3.05) is 11.9 Å².